The monoisotopic (exact) mass is 240 g/mol. The van der Waals surface area contributed by atoms with Gasteiger partial charge < -0.3 is 4.74 Å². The van der Waals surface area contributed by atoms with Crippen molar-refractivity contribution in [3.05, 3.63) is 41.0 Å². The largest absolute Gasteiger partial charge is 0.454 e. The summed E-state index contributed by atoms with van der Waals surface area (Å²) in [5.74, 6) is -0.479. The Morgan fingerprint density at radius 2 is 2.06 bits per heavy atom. The molecule has 0 amide bonds. The quantitative estimate of drug-likeness (QED) is 0.651. The minimum absolute atomic E-state index is 0.402. The summed E-state index contributed by atoms with van der Waals surface area (Å²) in [6.45, 7) is 0. The second kappa shape index (κ2) is 3.12. The zero-order chi connectivity index (χ0) is 12.2. The lowest BCUT2D eigenvalue weighted by Gasteiger charge is -2.08. The fourth-order valence-corrected chi connectivity index (χ4v) is 2.26. The first kappa shape index (κ1) is 10.4. The van der Waals surface area contributed by atoms with Crippen molar-refractivity contribution in [1.82, 2.24) is 0 Å². The van der Waals surface area contributed by atoms with Crippen LogP contribution in [0.25, 0.3) is 5.57 Å². The Morgan fingerprint density at radius 1 is 1.29 bits per heavy atom. The Bertz CT molecular complexity index is 543. The van der Waals surface area contributed by atoms with Crippen LogP contribution < -0.4 is 0 Å². The van der Waals surface area contributed by atoms with Gasteiger partial charge in [-0.1, -0.05) is 6.07 Å². The third-order valence-corrected chi connectivity index (χ3v) is 3.03. The average molecular weight is 240 g/mol. The number of benzene rings is 1. The zero-order valence-corrected chi connectivity index (χ0v) is 8.54. The van der Waals surface area contributed by atoms with Crippen LogP contribution in [0, 0.1) is 0 Å². The molecule has 1 aromatic carbocycles. The lowest BCUT2D eigenvalue weighted by atomic mass is 10.0. The first-order valence-corrected chi connectivity index (χ1v) is 5.08. The molecule has 3 rings (SSSR count). The molecule has 1 heterocycles. The molecule has 0 saturated carbocycles. The topological polar surface area (TPSA) is 26.3 Å². The third-order valence-electron chi connectivity index (χ3n) is 3.03. The maximum atomic E-state index is 12.6. The average Bonchev–Trinajstić information content (AvgIpc) is 2.71. The molecular weight excluding hydrogens is 233 g/mol. The van der Waals surface area contributed by atoms with Crippen LogP contribution in [0.1, 0.15) is 16.7 Å². The van der Waals surface area contributed by atoms with Gasteiger partial charge in [-0.05, 0) is 23.3 Å². The van der Waals surface area contributed by atoms with E-state index in [4.69, 9.17) is 4.74 Å². The van der Waals surface area contributed by atoms with Crippen molar-refractivity contribution in [2.24, 2.45) is 0 Å². The summed E-state index contributed by atoms with van der Waals surface area (Å²) in [5.41, 5.74) is 1.14. The second-order valence-corrected chi connectivity index (χ2v) is 4.10. The molecule has 5 heteroatoms. The number of esters is 1. The molecule has 0 aromatic heterocycles. The number of hydrogen-bond donors (Lipinski definition) is 0. The molecule has 17 heavy (non-hydrogen) atoms. The minimum Gasteiger partial charge on any atom is -0.454 e. The van der Waals surface area contributed by atoms with E-state index in [-0.39, 0.29) is 0 Å². The van der Waals surface area contributed by atoms with Gasteiger partial charge in [-0.3, -0.25) is 0 Å². The number of carbonyl (C=O) groups excluding carboxylic acids is 1. The molecule has 0 bridgehead atoms. The van der Waals surface area contributed by atoms with E-state index in [1.807, 2.05) is 0 Å². The Labute approximate surface area is 94.7 Å². The van der Waals surface area contributed by atoms with Gasteiger partial charge >= 0.3 is 12.1 Å². The fraction of sp³-hybridized carbons (Fsp3) is 0.250. The van der Waals surface area contributed by atoms with E-state index in [2.05, 4.69) is 0 Å². The smallest absolute Gasteiger partial charge is 0.416 e. The lowest BCUT2D eigenvalue weighted by Crippen LogP contribution is -2.08. The molecule has 0 spiro atoms. The number of halogens is 3. The number of ether oxygens (including phenoxy) is 1. The number of hydrogen-bond acceptors (Lipinski definition) is 2. The van der Waals surface area contributed by atoms with Gasteiger partial charge in [0.15, 0.2) is 0 Å². The van der Waals surface area contributed by atoms with Crippen molar-refractivity contribution >= 4 is 11.5 Å². The summed E-state index contributed by atoms with van der Waals surface area (Å²) >= 11 is 0. The summed E-state index contributed by atoms with van der Waals surface area (Å²) in [5, 5.41) is 0. The van der Waals surface area contributed by atoms with Gasteiger partial charge in [-0.2, -0.15) is 13.2 Å². The molecule has 88 valence electrons. The normalized spacial score (nSPS) is 21.9. The van der Waals surface area contributed by atoms with E-state index < -0.39 is 23.8 Å². The Kier molecular flexibility index (Phi) is 1.91. The maximum Gasteiger partial charge on any atom is 0.416 e. The Balaban J connectivity index is 2.11. The van der Waals surface area contributed by atoms with E-state index in [0.717, 1.165) is 17.7 Å². The molecule has 1 aromatic rings. The van der Waals surface area contributed by atoms with Crippen LogP contribution in [0.15, 0.2) is 24.3 Å². The summed E-state index contributed by atoms with van der Waals surface area (Å²) in [6.07, 6.45) is -3.03. The van der Waals surface area contributed by atoms with E-state index in [9.17, 15) is 18.0 Å². The highest BCUT2D eigenvalue weighted by Gasteiger charge is 2.37. The van der Waals surface area contributed by atoms with Crippen molar-refractivity contribution in [3.63, 3.8) is 0 Å². The molecule has 0 radical (unpaired) electrons. The predicted molar refractivity (Wildman–Crippen MR) is 53.0 cm³/mol. The number of fused-ring (bicyclic) bond motifs is 3. The summed E-state index contributed by atoms with van der Waals surface area (Å²) in [6, 6.07) is 3.59. The van der Waals surface area contributed by atoms with Gasteiger partial charge in [0.2, 0.25) is 0 Å². The van der Waals surface area contributed by atoms with Crippen LogP contribution in [0.2, 0.25) is 0 Å². The highest BCUT2D eigenvalue weighted by molar-refractivity contribution is 5.99. The fourth-order valence-electron chi connectivity index (χ4n) is 2.26. The molecule has 1 unspecified atom stereocenters. The van der Waals surface area contributed by atoms with Crippen molar-refractivity contribution in [1.29, 1.82) is 0 Å². The van der Waals surface area contributed by atoms with Crippen molar-refractivity contribution in [2.75, 3.05) is 0 Å². The van der Waals surface area contributed by atoms with Gasteiger partial charge in [0, 0.05) is 18.1 Å². The molecule has 1 aliphatic heterocycles. The molecule has 1 atom stereocenters. The first-order chi connectivity index (χ1) is 7.95. The Hall–Kier alpha value is -1.78. The minimum atomic E-state index is -4.36. The molecule has 2 aliphatic rings. The molecule has 0 saturated heterocycles. The van der Waals surface area contributed by atoms with Gasteiger partial charge in [0.1, 0.15) is 6.10 Å². The number of carbonyl (C=O) groups is 1. The predicted octanol–water partition coefficient (Wildman–Crippen LogP) is 2.57. The third kappa shape index (κ3) is 1.53. The van der Waals surface area contributed by atoms with Crippen molar-refractivity contribution in [2.45, 2.75) is 18.7 Å². The summed E-state index contributed by atoms with van der Waals surface area (Å²) < 4.78 is 42.7. The lowest BCUT2D eigenvalue weighted by molar-refractivity contribution is -0.138. The molecule has 1 aliphatic carbocycles. The van der Waals surface area contributed by atoms with Gasteiger partial charge in [-0.15, -0.1) is 0 Å². The van der Waals surface area contributed by atoms with Crippen LogP contribution >= 0.6 is 0 Å². The van der Waals surface area contributed by atoms with Crippen LogP contribution in [0.5, 0.6) is 0 Å². The zero-order valence-electron chi connectivity index (χ0n) is 8.54. The summed E-state index contributed by atoms with van der Waals surface area (Å²) in [4.78, 5) is 11.0. The number of rotatable bonds is 0. The van der Waals surface area contributed by atoms with Gasteiger partial charge in [0.25, 0.3) is 0 Å². The SMILES string of the molecule is O=C1C=C2c3cc(C(F)(F)F)ccc3CC2O1. The van der Waals surface area contributed by atoms with E-state index >= 15 is 0 Å². The van der Waals surface area contributed by atoms with Crippen molar-refractivity contribution < 1.29 is 22.7 Å². The van der Waals surface area contributed by atoms with Gasteiger partial charge in [0.05, 0.1) is 5.56 Å². The highest BCUT2D eigenvalue weighted by atomic mass is 19.4. The van der Waals surface area contributed by atoms with E-state index in [1.165, 1.54) is 12.1 Å². The Morgan fingerprint density at radius 3 is 2.76 bits per heavy atom. The van der Waals surface area contributed by atoms with Gasteiger partial charge in [-0.25, -0.2) is 4.79 Å². The number of alkyl halides is 3. The standard InChI is InChI=1S/C12H7F3O2/c13-12(14,15)7-2-1-6-3-10-9(8(6)4-7)5-11(16)17-10/h1-2,4-5,10H,3H2. The van der Waals surface area contributed by atoms with Crippen molar-refractivity contribution in [3.8, 4) is 0 Å². The molecule has 2 nitrogen and oxygen atoms in total. The van der Waals surface area contributed by atoms with Crippen LogP contribution in [-0.2, 0) is 22.1 Å². The molecule has 0 fully saturated rings. The first-order valence-electron chi connectivity index (χ1n) is 5.08. The van der Waals surface area contributed by atoms with Crippen LogP contribution in [0.4, 0.5) is 13.2 Å². The van der Waals surface area contributed by atoms with E-state index in [1.54, 1.807) is 0 Å². The highest BCUT2D eigenvalue weighted by Crippen LogP contribution is 2.40. The maximum absolute atomic E-state index is 12.6. The van der Waals surface area contributed by atoms with Crippen LogP contribution in [0.3, 0.4) is 0 Å². The summed E-state index contributed by atoms with van der Waals surface area (Å²) in [7, 11) is 0. The molecular formula is C12H7F3O2. The van der Waals surface area contributed by atoms with Crippen LogP contribution in [-0.4, -0.2) is 12.1 Å². The second-order valence-electron chi connectivity index (χ2n) is 4.10. The molecule has 0 N–H and O–H groups in total. The van der Waals surface area contributed by atoms with E-state index in [0.29, 0.717) is 17.6 Å².